The van der Waals surface area contributed by atoms with Crippen molar-refractivity contribution in [2.45, 2.75) is 0 Å². The van der Waals surface area contributed by atoms with Gasteiger partial charge in [0.15, 0.2) is 23.3 Å². The van der Waals surface area contributed by atoms with Crippen molar-refractivity contribution in [3.8, 4) is 45.4 Å². The Labute approximate surface area is 331 Å². The topological polar surface area (TPSA) is 64.5 Å². The molecule has 0 radical (unpaired) electrons. The van der Waals surface area contributed by atoms with Crippen molar-refractivity contribution in [1.29, 1.82) is 0 Å². The molecule has 4 aromatic heterocycles. The van der Waals surface area contributed by atoms with E-state index in [1.54, 1.807) is 28.7 Å². The summed E-state index contributed by atoms with van der Waals surface area (Å²) in [6.07, 6.45) is 8.00. The Hall–Kier alpha value is -6.93. The van der Waals surface area contributed by atoms with E-state index in [9.17, 15) is 0 Å². The van der Waals surface area contributed by atoms with Gasteiger partial charge in [0.25, 0.3) is 0 Å². The largest absolute Gasteiger partial charge is 0.226 e. The zero-order valence-electron chi connectivity index (χ0n) is 30.0. The monoisotopic (exact) mass is 753 g/mol. The number of hydrogen-bond acceptors (Lipinski definition) is 7. The lowest BCUT2D eigenvalue weighted by Crippen LogP contribution is -2.00. The van der Waals surface area contributed by atoms with Crippen LogP contribution in [0.3, 0.4) is 0 Å². The van der Waals surface area contributed by atoms with E-state index < -0.39 is 0 Å². The summed E-state index contributed by atoms with van der Waals surface area (Å²) in [4.78, 5) is 25.1. The number of aromatic nitrogens is 5. The van der Waals surface area contributed by atoms with E-state index in [1.807, 2.05) is 72.8 Å². The highest BCUT2D eigenvalue weighted by Crippen LogP contribution is 2.40. The number of benzene rings is 6. The highest BCUT2D eigenvalue weighted by molar-refractivity contribution is 7.26. The second-order valence-corrected chi connectivity index (χ2v) is 15.5. The Bertz CT molecular complexity index is 3090. The molecule has 56 heavy (non-hydrogen) atoms. The molecule has 0 aliphatic carbocycles. The summed E-state index contributed by atoms with van der Waals surface area (Å²) < 4.78 is 4.69. The standard InChI is InChI=1S/C49H31N5S2/c1-2-14-33(46-50-43(32-15-6-3-7-16-32)45-44(51-46)38-21-12-13-22-40(38)56-45)25-23-31-24-27-37-39-30-36(26-28-41(39)55-42(37)29-31)49-53-47(34-17-8-4-9-18-34)52-48(54-49)35-19-10-5-11-20-35/h2-30H,1H2/b25-23+,33-14+. The lowest BCUT2D eigenvalue weighted by atomic mass is 10.1. The fraction of sp³-hybridized carbons (Fsp3) is 0. The van der Waals surface area contributed by atoms with Crippen LogP contribution in [0.2, 0.25) is 0 Å². The number of allylic oxidation sites excluding steroid dienone is 4. The Morgan fingerprint density at radius 1 is 0.482 bits per heavy atom. The minimum Gasteiger partial charge on any atom is -0.226 e. The molecule has 10 rings (SSSR count). The van der Waals surface area contributed by atoms with Crippen LogP contribution in [0.25, 0.3) is 97.5 Å². The van der Waals surface area contributed by atoms with Gasteiger partial charge in [-0.25, -0.2) is 24.9 Å². The molecule has 0 amide bonds. The summed E-state index contributed by atoms with van der Waals surface area (Å²) in [6.45, 7) is 4.02. The van der Waals surface area contributed by atoms with Crippen LogP contribution in [-0.2, 0) is 0 Å². The number of rotatable bonds is 8. The maximum atomic E-state index is 5.17. The first kappa shape index (κ1) is 33.6. The third kappa shape index (κ3) is 6.29. The summed E-state index contributed by atoms with van der Waals surface area (Å²) in [5.41, 5.74) is 7.79. The van der Waals surface area contributed by atoms with Crippen LogP contribution in [0.1, 0.15) is 11.4 Å². The predicted molar refractivity (Wildman–Crippen MR) is 237 cm³/mol. The number of thiophene rings is 2. The van der Waals surface area contributed by atoms with Crippen molar-refractivity contribution in [2.24, 2.45) is 0 Å². The van der Waals surface area contributed by atoms with Crippen LogP contribution in [-0.4, -0.2) is 24.9 Å². The highest BCUT2D eigenvalue weighted by atomic mass is 32.1. The fourth-order valence-electron chi connectivity index (χ4n) is 7.00. The fourth-order valence-corrected chi connectivity index (χ4v) is 9.29. The number of hydrogen-bond donors (Lipinski definition) is 0. The Balaban J connectivity index is 1.02. The first-order valence-corrected chi connectivity index (χ1v) is 19.9. The average molecular weight is 754 g/mol. The molecule has 7 heteroatoms. The first-order valence-electron chi connectivity index (χ1n) is 18.3. The molecule has 10 aromatic rings. The molecule has 0 aliphatic heterocycles. The molecule has 5 nitrogen and oxygen atoms in total. The van der Waals surface area contributed by atoms with E-state index in [2.05, 4.69) is 104 Å². The molecule has 0 saturated carbocycles. The molecule has 0 saturated heterocycles. The van der Waals surface area contributed by atoms with Crippen LogP contribution in [0, 0.1) is 0 Å². The molecule has 0 fully saturated rings. The molecular weight excluding hydrogens is 723 g/mol. The van der Waals surface area contributed by atoms with Crippen LogP contribution in [0.5, 0.6) is 0 Å². The Morgan fingerprint density at radius 2 is 1.11 bits per heavy atom. The van der Waals surface area contributed by atoms with Gasteiger partial charge in [-0.1, -0.05) is 152 Å². The maximum absolute atomic E-state index is 5.17. The maximum Gasteiger partial charge on any atom is 0.164 e. The van der Waals surface area contributed by atoms with Crippen molar-refractivity contribution < 1.29 is 0 Å². The highest BCUT2D eigenvalue weighted by Gasteiger charge is 2.17. The molecule has 0 bridgehead atoms. The van der Waals surface area contributed by atoms with E-state index in [4.69, 9.17) is 24.9 Å². The van der Waals surface area contributed by atoms with Gasteiger partial charge < -0.3 is 0 Å². The lowest BCUT2D eigenvalue weighted by molar-refractivity contribution is 1.07. The van der Waals surface area contributed by atoms with Gasteiger partial charge in [0.2, 0.25) is 0 Å². The molecule has 0 unspecified atom stereocenters. The van der Waals surface area contributed by atoms with Gasteiger partial charge >= 0.3 is 0 Å². The van der Waals surface area contributed by atoms with Crippen molar-refractivity contribution in [3.63, 3.8) is 0 Å². The predicted octanol–water partition coefficient (Wildman–Crippen LogP) is 13.3. The van der Waals surface area contributed by atoms with Gasteiger partial charge in [-0.3, -0.25) is 0 Å². The molecule has 4 heterocycles. The SMILES string of the molecule is C=C/C=C(\C=C\c1ccc2c(c1)sc1ccc(-c3nc(-c4ccccc4)nc(-c4ccccc4)n3)cc12)c1nc(-c2ccccc2)c2sc3ccccc3c2n1. The quantitative estimate of drug-likeness (QED) is 0.145. The zero-order valence-corrected chi connectivity index (χ0v) is 31.6. The molecule has 264 valence electrons. The number of fused-ring (bicyclic) bond motifs is 6. The van der Waals surface area contributed by atoms with E-state index in [-0.39, 0.29) is 0 Å². The summed E-state index contributed by atoms with van der Waals surface area (Å²) in [7, 11) is 0. The van der Waals surface area contributed by atoms with E-state index >= 15 is 0 Å². The van der Waals surface area contributed by atoms with Gasteiger partial charge in [-0.15, -0.1) is 22.7 Å². The van der Waals surface area contributed by atoms with Crippen molar-refractivity contribution >= 4 is 74.8 Å². The molecule has 0 spiro atoms. The second kappa shape index (κ2) is 14.4. The summed E-state index contributed by atoms with van der Waals surface area (Å²) in [5.74, 6) is 2.61. The number of nitrogens with zero attached hydrogens (tertiary/aromatic N) is 5. The van der Waals surface area contributed by atoms with Crippen molar-refractivity contribution in [3.05, 3.63) is 188 Å². The van der Waals surface area contributed by atoms with Crippen molar-refractivity contribution in [2.75, 3.05) is 0 Å². The smallest absolute Gasteiger partial charge is 0.164 e. The average Bonchev–Trinajstić information content (AvgIpc) is 3.83. The van der Waals surface area contributed by atoms with E-state index in [0.717, 1.165) is 54.7 Å². The second-order valence-electron chi connectivity index (χ2n) is 13.3. The first-order chi connectivity index (χ1) is 27.7. The summed E-state index contributed by atoms with van der Waals surface area (Å²) in [6, 6.07) is 52.1. The van der Waals surface area contributed by atoms with Crippen LogP contribution < -0.4 is 0 Å². The summed E-state index contributed by atoms with van der Waals surface area (Å²) in [5, 5.41) is 3.50. The molecule has 6 aromatic carbocycles. The van der Waals surface area contributed by atoms with Crippen LogP contribution in [0.4, 0.5) is 0 Å². The van der Waals surface area contributed by atoms with Crippen LogP contribution in [0.15, 0.2) is 176 Å². The molecule has 0 N–H and O–H groups in total. The Kier molecular flexibility index (Phi) is 8.63. The zero-order chi connectivity index (χ0) is 37.4. The van der Waals surface area contributed by atoms with Crippen molar-refractivity contribution in [1.82, 2.24) is 24.9 Å². The molecular formula is C49H31N5S2. The lowest BCUT2D eigenvalue weighted by Gasteiger charge is -2.08. The Morgan fingerprint density at radius 3 is 1.80 bits per heavy atom. The van der Waals surface area contributed by atoms with Gasteiger partial charge in [0, 0.05) is 58.1 Å². The van der Waals surface area contributed by atoms with Crippen LogP contribution >= 0.6 is 22.7 Å². The van der Waals surface area contributed by atoms with Gasteiger partial charge in [-0.05, 0) is 35.9 Å². The van der Waals surface area contributed by atoms with E-state index in [0.29, 0.717) is 23.3 Å². The molecule has 0 aliphatic rings. The minimum absolute atomic E-state index is 0.645. The normalized spacial score (nSPS) is 12.0. The van der Waals surface area contributed by atoms with Gasteiger partial charge in [-0.2, -0.15) is 0 Å². The van der Waals surface area contributed by atoms with Gasteiger partial charge in [0.1, 0.15) is 0 Å². The summed E-state index contributed by atoms with van der Waals surface area (Å²) >= 11 is 3.52. The van der Waals surface area contributed by atoms with E-state index in [1.165, 1.54) is 24.9 Å². The third-order valence-corrected chi connectivity index (χ3v) is 12.0. The molecule has 0 atom stereocenters. The third-order valence-electron chi connectivity index (χ3n) is 9.73. The van der Waals surface area contributed by atoms with Gasteiger partial charge in [0.05, 0.1) is 15.9 Å². The minimum atomic E-state index is 0.645.